The van der Waals surface area contributed by atoms with Gasteiger partial charge in [-0.1, -0.05) is 0 Å². The van der Waals surface area contributed by atoms with Crippen LogP contribution in [0.4, 0.5) is 0 Å². The van der Waals surface area contributed by atoms with Crippen LogP contribution in [0.25, 0.3) is 0 Å². The summed E-state index contributed by atoms with van der Waals surface area (Å²) < 4.78 is 5.48. The van der Waals surface area contributed by atoms with E-state index in [1.165, 1.54) is 0 Å². The van der Waals surface area contributed by atoms with Gasteiger partial charge in [0.2, 0.25) is 0 Å². The highest BCUT2D eigenvalue weighted by molar-refractivity contribution is 6.08. The summed E-state index contributed by atoms with van der Waals surface area (Å²) in [6.07, 6.45) is -2.68. The molecule has 0 aromatic heterocycles. The predicted molar refractivity (Wildman–Crippen MR) is 78.6 cm³/mol. The summed E-state index contributed by atoms with van der Waals surface area (Å²) in [4.78, 5) is 23.4. The Hall–Kier alpha value is -3.26. The first-order valence-electron chi connectivity index (χ1n) is 6.79. The van der Waals surface area contributed by atoms with Crippen molar-refractivity contribution >= 4 is 12.1 Å². The van der Waals surface area contributed by atoms with E-state index in [-0.39, 0.29) is 28.2 Å². The fourth-order valence-electron chi connectivity index (χ4n) is 2.60. The Morgan fingerprint density at radius 2 is 1.62 bits per heavy atom. The van der Waals surface area contributed by atoms with Crippen molar-refractivity contribution in [2.75, 3.05) is 0 Å². The number of fused-ring (bicyclic) bond motifs is 1. The number of aliphatic hydroxyl groups is 1. The second-order valence-corrected chi connectivity index (χ2v) is 5.28. The smallest absolute Gasteiger partial charge is 0.200 e. The van der Waals surface area contributed by atoms with Crippen LogP contribution in [-0.2, 0) is 0 Å². The van der Waals surface area contributed by atoms with Gasteiger partial charge in [0.15, 0.2) is 41.5 Å². The van der Waals surface area contributed by atoms with Crippen LogP contribution in [0, 0.1) is 0 Å². The number of phenols is 4. The molecule has 0 amide bonds. The molecule has 2 aromatic rings. The number of Topliss-reactive ketones (excluding diaryl/α,β-unsaturated/α-hetero) is 1. The summed E-state index contributed by atoms with van der Waals surface area (Å²) in [6.45, 7) is 0. The first-order chi connectivity index (χ1) is 11.3. The summed E-state index contributed by atoms with van der Waals surface area (Å²) in [5, 5.41) is 48.3. The Labute approximate surface area is 134 Å². The number of hydrogen-bond donors (Lipinski definition) is 5. The van der Waals surface area contributed by atoms with E-state index >= 15 is 0 Å². The zero-order chi connectivity index (χ0) is 17.6. The highest BCUT2D eigenvalue weighted by Gasteiger charge is 2.39. The fourth-order valence-corrected chi connectivity index (χ4v) is 2.60. The highest BCUT2D eigenvalue weighted by Crippen LogP contribution is 2.43. The normalized spacial score (nSPS) is 19.5. The zero-order valence-corrected chi connectivity index (χ0v) is 12.0. The maximum Gasteiger partial charge on any atom is 0.200 e. The molecular weight excluding hydrogens is 320 g/mol. The summed E-state index contributed by atoms with van der Waals surface area (Å²) in [5.74, 6) is -3.32. The first kappa shape index (κ1) is 15.6. The van der Waals surface area contributed by atoms with Gasteiger partial charge in [-0.25, -0.2) is 0 Å². The van der Waals surface area contributed by atoms with Crippen LogP contribution in [0.15, 0.2) is 24.3 Å². The second-order valence-electron chi connectivity index (χ2n) is 5.28. The van der Waals surface area contributed by atoms with Crippen molar-refractivity contribution < 1.29 is 39.9 Å². The lowest BCUT2D eigenvalue weighted by molar-refractivity contribution is 0.0212. The molecule has 8 heteroatoms. The summed E-state index contributed by atoms with van der Waals surface area (Å²) in [7, 11) is 0. The zero-order valence-electron chi connectivity index (χ0n) is 12.0. The molecule has 124 valence electrons. The first-order valence-corrected chi connectivity index (χ1v) is 6.79. The number of rotatable bonds is 2. The van der Waals surface area contributed by atoms with Crippen LogP contribution in [0.5, 0.6) is 28.7 Å². The largest absolute Gasteiger partial charge is 0.508 e. The Morgan fingerprint density at radius 1 is 1.00 bits per heavy atom. The fraction of sp³-hybridized carbons (Fsp3) is 0.125. The number of ether oxygens (including phenoxy) is 1. The van der Waals surface area contributed by atoms with Gasteiger partial charge in [0, 0.05) is 17.2 Å². The van der Waals surface area contributed by atoms with Gasteiger partial charge in [-0.2, -0.15) is 0 Å². The van der Waals surface area contributed by atoms with Gasteiger partial charge in [0.1, 0.15) is 11.5 Å². The predicted octanol–water partition coefficient (Wildman–Crippen LogP) is 0.999. The minimum Gasteiger partial charge on any atom is -0.508 e. The molecular formula is C16H12O8. The Kier molecular flexibility index (Phi) is 3.53. The molecule has 24 heavy (non-hydrogen) atoms. The van der Waals surface area contributed by atoms with Crippen molar-refractivity contribution in [1.82, 2.24) is 0 Å². The molecule has 0 fully saturated rings. The number of ketones is 1. The number of phenolic OH excluding ortho intramolecular Hbond substituents is 4. The number of carbonyl (C=O) groups excluding carboxylic acids is 2. The minimum atomic E-state index is -1.72. The second kappa shape index (κ2) is 5.43. The highest BCUT2D eigenvalue weighted by atomic mass is 16.5. The molecule has 0 spiro atoms. The summed E-state index contributed by atoms with van der Waals surface area (Å²) in [5.41, 5.74) is -0.284. The quantitative estimate of drug-likeness (QED) is 0.404. The van der Waals surface area contributed by atoms with Gasteiger partial charge in [0.25, 0.3) is 0 Å². The van der Waals surface area contributed by atoms with Gasteiger partial charge in [-0.15, -0.1) is 0 Å². The molecule has 0 saturated heterocycles. The van der Waals surface area contributed by atoms with E-state index in [9.17, 15) is 35.1 Å². The van der Waals surface area contributed by atoms with Gasteiger partial charge < -0.3 is 30.3 Å². The molecule has 0 unspecified atom stereocenters. The van der Waals surface area contributed by atoms with Crippen molar-refractivity contribution in [3.63, 3.8) is 0 Å². The molecule has 0 saturated carbocycles. The standard InChI is InChI=1S/C16H12O8/c17-5-7-1-8(18)4-11-12(7)14(22)15(23)16(24-11)6-2-9(19)13(21)10(20)3-6/h1-5,15-16,18-21,23H/t15-,16+/m0/s1. The lowest BCUT2D eigenvalue weighted by atomic mass is 9.90. The Balaban J connectivity index is 2.13. The van der Waals surface area contributed by atoms with E-state index in [1.807, 2.05) is 0 Å². The van der Waals surface area contributed by atoms with Crippen molar-refractivity contribution in [2.45, 2.75) is 12.2 Å². The van der Waals surface area contributed by atoms with Crippen molar-refractivity contribution in [1.29, 1.82) is 0 Å². The third kappa shape index (κ3) is 2.29. The molecule has 3 rings (SSSR count). The van der Waals surface area contributed by atoms with Crippen molar-refractivity contribution in [3.05, 3.63) is 41.0 Å². The molecule has 0 bridgehead atoms. The number of benzene rings is 2. The molecule has 1 aliphatic heterocycles. The molecule has 1 heterocycles. The van der Waals surface area contributed by atoms with E-state index in [2.05, 4.69) is 0 Å². The maximum absolute atomic E-state index is 12.4. The third-order valence-corrected chi connectivity index (χ3v) is 3.72. The summed E-state index contributed by atoms with van der Waals surface area (Å²) >= 11 is 0. The molecule has 0 aliphatic carbocycles. The van der Waals surface area contributed by atoms with Crippen LogP contribution < -0.4 is 4.74 Å². The molecule has 1 aliphatic rings. The van der Waals surface area contributed by atoms with Crippen LogP contribution in [0.2, 0.25) is 0 Å². The lowest BCUT2D eigenvalue weighted by Crippen LogP contribution is -2.36. The SMILES string of the molecule is O=Cc1cc(O)cc2c1C(=O)[C@H](O)[C@@H](c1cc(O)c(O)c(O)c1)O2. The number of hydrogen-bond acceptors (Lipinski definition) is 8. The molecule has 2 atom stereocenters. The van der Waals surface area contributed by atoms with Crippen LogP contribution >= 0.6 is 0 Å². The van der Waals surface area contributed by atoms with Crippen LogP contribution in [0.3, 0.4) is 0 Å². The van der Waals surface area contributed by atoms with Gasteiger partial charge in [-0.05, 0) is 18.2 Å². The Morgan fingerprint density at radius 3 is 2.21 bits per heavy atom. The number of carbonyl (C=O) groups is 2. The summed E-state index contributed by atoms with van der Waals surface area (Å²) in [6, 6.07) is 4.22. The molecule has 0 radical (unpaired) electrons. The molecule has 5 N–H and O–H groups in total. The third-order valence-electron chi connectivity index (χ3n) is 3.72. The van der Waals surface area contributed by atoms with Crippen molar-refractivity contribution in [3.8, 4) is 28.7 Å². The monoisotopic (exact) mass is 332 g/mol. The number of aliphatic hydroxyl groups excluding tert-OH is 1. The number of aldehydes is 1. The van der Waals surface area contributed by atoms with E-state index in [0.29, 0.717) is 6.29 Å². The minimum absolute atomic E-state index is 0.0188. The van der Waals surface area contributed by atoms with Gasteiger partial charge in [-0.3, -0.25) is 9.59 Å². The maximum atomic E-state index is 12.4. The average molecular weight is 332 g/mol. The topological polar surface area (TPSA) is 145 Å². The van der Waals surface area contributed by atoms with E-state index in [4.69, 9.17) is 4.74 Å². The average Bonchev–Trinajstić information content (AvgIpc) is 2.54. The van der Waals surface area contributed by atoms with Gasteiger partial charge >= 0.3 is 0 Å². The number of aromatic hydroxyl groups is 4. The molecule has 8 nitrogen and oxygen atoms in total. The van der Waals surface area contributed by atoms with E-state index in [1.54, 1.807) is 0 Å². The Bertz CT molecular complexity index is 834. The van der Waals surface area contributed by atoms with Crippen molar-refractivity contribution in [2.24, 2.45) is 0 Å². The lowest BCUT2D eigenvalue weighted by Gasteiger charge is -2.30. The van der Waals surface area contributed by atoms with E-state index in [0.717, 1.165) is 24.3 Å². The molecule has 2 aromatic carbocycles. The van der Waals surface area contributed by atoms with Crippen LogP contribution in [-0.4, -0.2) is 43.7 Å². The van der Waals surface area contributed by atoms with E-state index < -0.39 is 35.2 Å². The van der Waals surface area contributed by atoms with Crippen LogP contribution in [0.1, 0.15) is 32.4 Å². The van der Waals surface area contributed by atoms with Gasteiger partial charge in [0.05, 0.1) is 5.56 Å².